The minimum atomic E-state index is -0.452. The van der Waals surface area contributed by atoms with Crippen LogP contribution in [0.2, 0.25) is 5.02 Å². The molecule has 0 saturated heterocycles. The highest BCUT2D eigenvalue weighted by molar-refractivity contribution is 9.10. The molecular weight excluding hydrogens is 361 g/mol. The summed E-state index contributed by atoms with van der Waals surface area (Å²) in [6.07, 6.45) is 0. The van der Waals surface area contributed by atoms with Gasteiger partial charge in [-0.1, -0.05) is 33.6 Å². The molecule has 0 atom stereocenters. The minimum Gasteiger partial charge on any atom is -0.397 e. The van der Waals surface area contributed by atoms with E-state index in [1.54, 1.807) is 30.3 Å². The molecule has 3 aromatic rings. The summed E-state index contributed by atoms with van der Waals surface area (Å²) in [6.45, 7) is 0. The van der Waals surface area contributed by atoms with Gasteiger partial charge < -0.3 is 5.73 Å². The average molecular weight is 369 g/mol. The SMILES string of the molecule is Nc1c(Cl)cccc1-c1nnnn1-c1cc(Br)ccc1F. The molecule has 0 fully saturated rings. The summed E-state index contributed by atoms with van der Waals surface area (Å²) >= 11 is 9.30. The maximum absolute atomic E-state index is 14.0. The lowest BCUT2D eigenvalue weighted by Crippen LogP contribution is -2.04. The molecule has 1 aromatic heterocycles. The molecule has 0 aliphatic carbocycles. The van der Waals surface area contributed by atoms with Crippen molar-refractivity contribution in [2.24, 2.45) is 0 Å². The molecule has 1 heterocycles. The predicted molar refractivity (Wildman–Crippen MR) is 81.7 cm³/mol. The van der Waals surface area contributed by atoms with Gasteiger partial charge in [-0.3, -0.25) is 0 Å². The van der Waals surface area contributed by atoms with Crippen LogP contribution in [-0.2, 0) is 0 Å². The lowest BCUT2D eigenvalue weighted by molar-refractivity contribution is 0.607. The number of anilines is 1. The Morgan fingerprint density at radius 3 is 2.86 bits per heavy atom. The van der Waals surface area contributed by atoms with E-state index >= 15 is 0 Å². The van der Waals surface area contributed by atoms with Gasteiger partial charge in [0, 0.05) is 10.0 Å². The fourth-order valence-corrected chi connectivity index (χ4v) is 2.42. The molecule has 8 heteroatoms. The second-order valence-electron chi connectivity index (χ2n) is 4.21. The number of nitrogen functional groups attached to an aromatic ring is 1. The number of rotatable bonds is 2. The third kappa shape index (κ3) is 2.50. The molecule has 2 aromatic carbocycles. The van der Waals surface area contributed by atoms with Gasteiger partial charge in [0.25, 0.3) is 0 Å². The Morgan fingerprint density at radius 1 is 1.24 bits per heavy atom. The average Bonchev–Trinajstić information content (AvgIpc) is 2.93. The molecular formula is C13H8BrClFN5. The van der Waals surface area contributed by atoms with Gasteiger partial charge in [-0.15, -0.1) is 5.10 Å². The lowest BCUT2D eigenvalue weighted by Gasteiger charge is -2.09. The second-order valence-corrected chi connectivity index (χ2v) is 5.53. The predicted octanol–water partition coefficient (Wildman–Crippen LogP) is 3.47. The molecule has 0 aliphatic heterocycles. The molecule has 0 amide bonds. The number of benzene rings is 2. The van der Waals surface area contributed by atoms with Crippen molar-refractivity contribution < 1.29 is 4.39 Å². The Bertz CT molecular complexity index is 804. The normalized spacial score (nSPS) is 10.8. The van der Waals surface area contributed by atoms with Gasteiger partial charge in [-0.2, -0.15) is 4.68 Å². The number of hydrogen-bond donors (Lipinski definition) is 1. The van der Waals surface area contributed by atoms with Gasteiger partial charge in [0.2, 0.25) is 0 Å². The first-order valence-corrected chi connectivity index (χ1v) is 7.03. The van der Waals surface area contributed by atoms with Crippen molar-refractivity contribution in [2.45, 2.75) is 0 Å². The first-order chi connectivity index (χ1) is 10.1. The standard InChI is InChI=1S/C13H8BrClFN5/c14-7-4-5-10(16)11(6-7)21-13(18-19-20-21)8-2-1-3-9(15)12(8)17/h1-6H,17H2. The molecule has 0 saturated carbocycles. The maximum atomic E-state index is 14.0. The Kier molecular flexibility index (Phi) is 3.60. The number of hydrogen-bond acceptors (Lipinski definition) is 4. The summed E-state index contributed by atoms with van der Waals surface area (Å²) in [5.74, 6) is -0.139. The molecule has 2 N–H and O–H groups in total. The van der Waals surface area contributed by atoms with Crippen LogP contribution < -0.4 is 5.73 Å². The third-order valence-corrected chi connectivity index (χ3v) is 3.72. The summed E-state index contributed by atoms with van der Waals surface area (Å²) < 4.78 is 16.0. The third-order valence-electron chi connectivity index (χ3n) is 2.90. The van der Waals surface area contributed by atoms with Gasteiger partial charge in [0.15, 0.2) is 5.82 Å². The molecule has 21 heavy (non-hydrogen) atoms. The largest absolute Gasteiger partial charge is 0.397 e. The highest BCUT2D eigenvalue weighted by Crippen LogP contribution is 2.31. The number of para-hydroxylation sites is 1. The van der Waals surface area contributed by atoms with Crippen LogP contribution in [0.15, 0.2) is 40.9 Å². The fraction of sp³-hybridized carbons (Fsp3) is 0. The van der Waals surface area contributed by atoms with Crippen LogP contribution in [0, 0.1) is 5.82 Å². The quantitative estimate of drug-likeness (QED) is 0.703. The van der Waals surface area contributed by atoms with E-state index in [-0.39, 0.29) is 5.69 Å². The van der Waals surface area contributed by atoms with Gasteiger partial charge >= 0.3 is 0 Å². The summed E-state index contributed by atoms with van der Waals surface area (Å²) in [4.78, 5) is 0. The molecule has 3 rings (SSSR count). The number of nitrogens with two attached hydrogens (primary N) is 1. The fourth-order valence-electron chi connectivity index (χ4n) is 1.90. The summed E-state index contributed by atoms with van der Waals surface area (Å²) in [7, 11) is 0. The zero-order valence-corrected chi connectivity index (χ0v) is 12.8. The van der Waals surface area contributed by atoms with Crippen LogP contribution in [0.25, 0.3) is 17.1 Å². The van der Waals surface area contributed by atoms with Crippen molar-refractivity contribution in [1.29, 1.82) is 0 Å². The number of halogens is 3. The zero-order valence-electron chi connectivity index (χ0n) is 10.5. The Balaban J connectivity index is 2.22. The van der Waals surface area contributed by atoms with Crippen molar-refractivity contribution in [2.75, 3.05) is 5.73 Å². The van der Waals surface area contributed by atoms with Crippen LogP contribution in [0.4, 0.5) is 10.1 Å². The first kappa shape index (κ1) is 14.0. The second kappa shape index (κ2) is 5.42. The van der Waals surface area contributed by atoms with E-state index in [0.717, 1.165) is 0 Å². The highest BCUT2D eigenvalue weighted by Gasteiger charge is 2.17. The van der Waals surface area contributed by atoms with Crippen molar-refractivity contribution in [1.82, 2.24) is 20.2 Å². The molecule has 5 nitrogen and oxygen atoms in total. The van der Waals surface area contributed by atoms with E-state index in [1.807, 2.05) is 0 Å². The molecule has 0 bridgehead atoms. The molecule has 0 aliphatic rings. The van der Waals surface area contributed by atoms with Crippen molar-refractivity contribution >= 4 is 33.2 Å². The number of nitrogens with zero attached hydrogens (tertiary/aromatic N) is 4. The smallest absolute Gasteiger partial charge is 0.189 e. The number of tetrazole rings is 1. The van der Waals surface area contributed by atoms with E-state index in [9.17, 15) is 4.39 Å². The zero-order chi connectivity index (χ0) is 15.0. The first-order valence-electron chi connectivity index (χ1n) is 5.86. The monoisotopic (exact) mass is 367 g/mol. The van der Waals surface area contributed by atoms with Crippen LogP contribution in [-0.4, -0.2) is 20.2 Å². The minimum absolute atomic E-state index is 0.212. The van der Waals surface area contributed by atoms with Crippen LogP contribution >= 0.6 is 27.5 Å². The van der Waals surface area contributed by atoms with Crippen LogP contribution in [0.1, 0.15) is 0 Å². The summed E-state index contributed by atoms with van der Waals surface area (Å²) in [5, 5.41) is 11.7. The highest BCUT2D eigenvalue weighted by atomic mass is 79.9. The Hall–Kier alpha value is -1.99. The molecule has 0 spiro atoms. The van der Waals surface area contributed by atoms with Gasteiger partial charge in [-0.05, 0) is 40.8 Å². The number of aromatic nitrogens is 4. The lowest BCUT2D eigenvalue weighted by atomic mass is 10.1. The van der Waals surface area contributed by atoms with Crippen LogP contribution in [0.5, 0.6) is 0 Å². The van der Waals surface area contributed by atoms with E-state index in [4.69, 9.17) is 17.3 Å². The van der Waals surface area contributed by atoms with E-state index in [0.29, 0.717) is 26.6 Å². The van der Waals surface area contributed by atoms with E-state index in [1.165, 1.54) is 10.7 Å². The van der Waals surface area contributed by atoms with Crippen LogP contribution in [0.3, 0.4) is 0 Å². The summed E-state index contributed by atoms with van der Waals surface area (Å²) in [6, 6.07) is 9.61. The van der Waals surface area contributed by atoms with E-state index < -0.39 is 5.82 Å². The van der Waals surface area contributed by atoms with Gasteiger partial charge in [0.1, 0.15) is 11.5 Å². The molecule has 0 unspecified atom stereocenters. The Morgan fingerprint density at radius 2 is 2.05 bits per heavy atom. The van der Waals surface area contributed by atoms with Crippen molar-refractivity contribution in [3.63, 3.8) is 0 Å². The van der Waals surface area contributed by atoms with E-state index in [2.05, 4.69) is 31.5 Å². The maximum Gasteiger partial charge on any atom is 0.189 e. The van der Waals surface area contributed by atoms with Crippen molar-refractivity contribution in [3.05, 3.63) is 51.7 Å². The topological polar surface area (TPSA) is 69.6 Å². The molecule has 0 radical (unpaired) electrons. The van der Waals surface area contributed by atoms with Gasteiger partial charge in [-0.25, -0.2) is 4.39 Å². The Labute approximate surface area is 132 Å². The van der Waals surface area contributed by atoms with Crippen molar-refractivity contribution in [3.8, 4) is 17.1 Å². The molecule has 106 valence electrons. The van der Waals surface area contributed by atoms with Gasteiger partial charge in [0.05, 0.1) is 10.7 Å². The summed E-state index contributed by atoms with van der Waals surface area (Å²) in [5.41, 5.74) is 7.03.